The van der Waals surface area contributed by atoms with E-state index in [1.807, 2.05) is 13.0 Å². The first-order valence-electron chi connectivity index (χ1n) is 7.66. The van der Waals surface area contributed by atoms with Crippen LogP contribution in [0.5, 0.6) is 0 Å². The molecule has 0 unspecified atom stereocenters. The minimum atomic E-state index is -0.0504. The van der Waals surface area contributed by atoms with E-state index in [4.69, 9.17) is 9.26 Å². The Kier molecular flexibility index (Phi) is 4.10. The van der Waals surface area contributed by atoms with Gasteiger partial charge in [-0.1, -0.05) is 5.16 Å². The van der Waals surface area contributed by atoms with Gasteiger partial charge in [0.2, 0.25) is 0 Å². The molecule has 2 amide bonds. The number of urea groups is 1. The number of likely N-dealkylation sites (tertiary alicyclic amines) is 1. The van der Waals surface area contributed by atoms with Gasteiger partial charge in [0.15, 0.2) is 0 Å². The maximum atomic E-state index is 11.8. The lowest BCUT2D eigenvalue weighted by molar-refractivity contribution is 0.124. The van der Waals surface area contributed by atoms with Crippen LogP contribution < -0.4 is 5.32 Å². The summed E-state index contributed by atoms with van der Waals surface area (Å²) < 4.78 is 10.8. The van der Waals surface area contributed by atoms with E-state index >= 15 is 0 Å². The van der Waals surface area contributed by atoms with Gasteiger partial charge in [0.1, 0.15) is 5.76 Å². The Morgan fingerprint density at radius 3 is 3.09 bits per heavy atom. The molecule has 2 atom stereocenters. The van der Waals surface area contributed by atoms with Gasteiger partial charge in [-0.2, -0.15) is 0 Å². The standard InChI is InChI=1S/C15H24N4O3/c1-11-4-13(17-22-11)6-19-5-12-7-21-10-15(12,9-19)8-16-14(20)18(2)3/h4,12H,5-10H2,1-3H3,(H,16,20)/t12-,15+/m0/s1. The number of amides is 2. The van der Waals surface area contributed by atoms with Crippen LogP contribution in [0.2, 0.25) is 0 Å². The van der Waals surface area contributed by atoms with E-state index in [1.54, 1.807) is 19.0 Å². The Hall–Kier alpha value is -1.60. The van der Waals surface area contributed by atoms with Crippen LogP contribution in [0.3, 0.4) is 0 Å². The van der Waals surface area contributed by atoms with Crippen molar-refractivity contribution in [3.63, 3.8) is 0 Å². The van der Waals surface area contributed by atoms with Gasteiger partial charge in [0.25, 0.3) is 0 Å². The van der Waals surface area contributed by atoms with Crippen LogP contribution in [-0.2, 0) is 11.3 Å². The minimum Gasteiger partial charge on any atom is -0.380 e. The molecule has 2 fully saturated rings. The fraction of sp³-hybridized carbons (Fsp3) is 0.733. The predicted octanol–water partition coefficient (Wildman–Crippen LogP) is 0.703. The summed E-state index contributed by atoms with van der Waals surface area (Å²) in [4.78, 5) is 15.7. The summed E-state index contributed by atoms with van der Waals surface area (Å²) >= 11 is 0. The number of hydrogen-bond acceptors (Lipinski definition) is 5. The van der Waals surface area contributed by atoms with Gasteiger partial charge in [-0.15, -0.1) is 0 Å². The van der Waals surface area contributed by atoms with Crippen molar-refractivity contribution in [2.24, 2.45) is 11.3 Å². The number of nitrogens with one attached hydrogen (secondary N) is 1. The summed E-state index contributed by atoms with van der Waals surface area (Å²) in [5, 5.41) is 7.09. The SMILES string of the molecule is Cc1cc(CN2C[C@H]3COC[C@@]3(CNC(=O)N(C)C)C2)no1. The average Bonchev–Trinajstić information content (AvgIpc) is 3.10. The molecule has 0 radical (unpaired) electrons. The second-order valence-electron chi connectivity index (χ2n) is 6.73. The summed E-state index contributed by atoms with van der Waals surface area (Å²) in [6.07, 6.45) is 0. The fourth-order valence-electron chi connectivity index (χ4n) is 3.44. The molecule has 2 aliphatic rings. The van der Waals surface area contributed by atoms with Crippen LogP contribution in [0.15, 0.2) is 10.6 Å². The molecule has 0 bridgehead atoms. The van der Waals surface area contributed by atoms with Gasteiger partial charge in [-0.25, -0.2) is 4.79 Å². The van der Waals surface area contributed by atoms with E-state index in [0.29, 0.717) is 19.1 Å². The zero-order chi connectivity index (χ0) is 15.7. The van der Waals surface area contributed by atoms with Crippen LogP contribution in [0.25, 0.3) is 0 Å². The van der Waals surface area contributed by atoms with Gasteiger partial charge in [-0.05, 0) is 6.92 Å². The van der Waals surface area contributed by atoms with E-state index in [9.17, 15) is 4.79 Å². The molecule has 3 heterocycles. The lowest BCUT2D eigenvalue weighted by Gasteiger charge is -2.28. The summed E-state index contributed by atoms with van der Waals surface area (Å²) in [6.45, 7) is 6.72. The van der Waals surface area contributed by atoms with E-state index in [0.717, 1.165) is 37.7 Å². The number of nitrogens with zero attached hydrogens (tertiary/aromatic N) is 3. The molecule has 7 heteroatoms. The maximum absolute atomic E-state index is 11.8. The van der Waals surface area contributed by atoms with E-state index < -0.39 is 0 Å². The molecule has 0 spiro atoms. The summed E-state index contributed by atoms with van der Waals surface area (Å²) in [5.41, 5.74) is 0.982. The second-order valence-corrected chi connectivity index (χ2v) is 6.73. The molecule has 3 rings (SSSR count). The molecule has 22 heavy (non-hydrogen) atoms. The van der Waals surface area contributed by atoms with Gasteiger partial charge in [0.05, 0.1) is 18.9 Å². The highest BCUT2D eigenvalue weighted by molar-refractivity contribution is 5.73. The smallest absolute Gasteiger partial charge is 0.316 e. The fourth-order valence-corrected chi connectivity index (χ4v) is 3.44. The number of ether oxygens (including phenoxy) is 1. The van der Waals surface area contributed by atoms with Gasteiger partial charge in [-0.3, -0.25) is 4.90 Å². The number of aryl methyl sites for hydroxylation is 1. The van der Waals surface area contributed by atoms with Crippen molar-refractivity contribution in [2.75, 3.05) is 46.9 Å². The molecular formula is C15H24N4O3. The Bertz CT molecular complexity index is 545. The number of fused-ring (bicyclic) bond motifs is 1. The molecule has 7 nitrogen and oxygen atoms in total. The average molecular weight is 308 g/mol. The van der Waals surface area contributed by atoms with Gasteiger partial charge >= 0.3 is 6.03 Å². The first-order chi connectivity index (χ1) is 10.5. The topological polar surface area (TPSA) is 70.8 Å². The van der Waals surface area contributed by atoms with Crippen LogP contribution in [0.4, 0.5) is 4.79 Å². The van der Waals surface area contributed by atoms with Gasteiger partial charge in [0, 0.05) is 57.7 Å². The number of hydrogen-bond donors (Lipinski definition) is 1. The monoisotopic (exact) mass is 308 g/mol. The quantitative estimate of drug-likeness (QED) is 0.887. The Morgan fingerprint density at radius 1 is 1.59 bits per heavy atom. The van der Waals surface area contributed by atoms with E-state index in [1.165, 1.54) is 0 Å². The molecule has 2 aliphatic heterocycles. The van der Waals surface area contributed by atoms with Crippen molar-refractivity contribution in [3.05, 3.63) is 17.5 Å². The maximum Gasteiger partial charge on any atom is 0.316 e. The summed E-state index contributed by atoms with van der Waals surface area (Å²) in [5.74, 6) is 1.30. The Labute approximate surface area is 130 Å². The Morgan fingerprint density at radius 2 is 2.41 bits per heavy atom. The zero-order valence-electron chi connectivity index (χ0n) is 13.5. The Balaban J connectivity index is 1.62. The van der Waals surface area contributed by atoms with Crippen molar-refractivity contribution < 1.29 is 14.1 Å². The predicted molar refractivity (Wildman–Crippen MR) is 80.3 cm³/mol. The first-order valence-corrected chi connectivity index (χ1v) is 7.66. The van der Waals surface area contributed by atoms with Crippen molar-refractivity contribution in [3.8, 4) is 0 Å². The highest BCUT2D eigenvalue weighted by Crippen LogP contribution is 2.41. The normalized spacial score (nSPS) is 27.9. The number of aromatic nitrogens is 1. The molecular weight excluding hydrogens is 284 g/mol. The third-order valence-corrected chi connectivity index (χ3v) is 4.65. The third-order valence-electron chi connectivity index (χ3n) is 4.65. The van der Waals surface area contributed by atoms with Crippen LogP contribution in [0, 0.1) is 18.3 Å². The molecule has 122 valence electrons. The lowest BCUT2D eigenvalue weighted by Crippen LogP contribution is -2.45. The largest absolute Gasteiger partial charge is 0.380 e. The van der Waals surface area contributed by atoms with Crippen molar-refractivity contribution in [1.82, 2.24) is 20.3 Å². The van der Waals surface area contributed by atoms with E-state index in [2.05, 4.69) is 15.4 Å². The highest BCUT2D eigenvalue weighted by atomic mass is 16.5. The lowest BCUT2D eigenvalue weighted by atomic mass is 9.81. The van der Waals surface area contributed by atoms with Crippen molar-refractivity contribution >= 4 is 6.03 Å². The number of rotatable bonds is 4. The molecule has 1 aromatic rings. The molecule has 0 saturated carbocycles. The van der Waals surface area contributed by atoms with Gasteiger partial charge < -0.3 is 19.5 Å². The molecule has 1 aromatic heterocycles. The minimum absolute atomic E-state index is 0.0183. The van der Waals surface area contributed by atoms with Crippen molar-refractivity contribution in [2.45, 2.75) is 13.5 Å². The number of carbonyl (C=O) groups excluding carboxylic acids is 1. The summed E-state index contributed by atoms with van der Waals surface area (Å²) in [7, 11) is 3.51. The van der Waals surface area contributed by atoms with Crippen LogP contribution >= 0.6 is 0 Å². The molecule has 0 aliphatic carbocycles. The van der Waals surface area contributed by atoms with Crippen molar-refractivity contribution in [1.29, 1.82) is 0 Å². The molecule has 1 N–H and O–H groups in total. The van der Waals surface area contributed by atoms with Crippen LogP contribution in [-0.4, -0.2) is 67.9 Å². The second kappa shape index (κ2) is 5.89. The molecule has 2 saturated heterocycles. The zero-order valence-corrected chi connectivity index (χ0v) is 13.5. The molecule has 0 aromatic carbocycles. The summed E-state index contributed by atoms with van der Waals surface area (Å²) in [6, 6.07) is 1.93. The van der Waals surface area contributed by atoms with Crippen LogP contribution in [0.1, 0.15) is 11.5 Å². The third kappa shape index (κ3) is 2.96. The number of carbonyl (C=O) groups is 1. The first kappa shape index (κ1) is 15.3. The highest BCUT2D eigenvalue weighted by Gasteiger charge is 2.50. The van der Waals surface area contributed by atoms with E-state index in [-0.39, 0.29) is 11.4 Å².